The van der Waals surface area contributed by atoms with Crippen molar-refractivity contribution in [1.82, 2.24) is 0 Å². The van der Waals surface area contributed by atoms with Crippen molar-refractivity contribution in [3.8, 4) is 5.75 Å². The van der Waals surface area contributed by atoms with Crippen LogP contribution in [0.5, 0.6) is 5.75 Å². The van der Waals surface area contributed by atoms with E-state index in [1.54, 1.807) is 37.6 Å². The van der Waals surface area contributed by atoms with Crippen molar-refractivity contribution < 1.29 is 9.53 Å². The van der Waals surface area contributed by atoms with Crippen molar-refractivity contribution in [2.75, 3.05) is 12.4 Å². The summed E-state index contributed by atoms with van der Waals surface area (Å²) in [4.78, 5) is 12.0. The number of carbonyl (C=O) groups excluding carboxylic acids is 1. The maximum Gasteiger partial charge on any atom is 0.187 e. The van der Waals surface area contributed by atoms with Gasteiger partial charge in [0.1, 0.15) is 5.75 Å². The molecule has 1 N–H and O–H groups in total. The molecule has 0 aliphatic heterocycles. The minimum absolute atomic E-state index is 0.0450. The number of aryl methyl sites for hydroxylation is 2. The van der Waals surface area contributed by atoms with Crippen LogP contribution in [-0.4, -0.2) is 12.9 Å². The molecular weight excluding hydrogens is 262 g/mol. The Morgan fingerprint density at radius 3 is 2.24 bits per heavy atom. The standard InChI is InChI=1S/C18H19NO2/c1-13-5-4-6-14(2)18(13)19-12-11-17(20)15-7-9-16(21-3)10-8-15/h4-12,19H,1-3H3/b12-11+. The van der Waals surface area contributed by atoms with Gasteiger partial charge in [-0.15, -0.1) is 0 Å². The monoisotopic (exact) mass is 281 g/mol. The summed E-state index contributed by atoms with van der Waals surface area (Å²) < 4.78 is 5.07. The number of hydrogen-bond donors (Lipinski definition) is 1. The molecule has 0 bridgehead atoms. The Labute approximate surface area is 125 Å². The van der Waals surface area contributed by atoms with E-state index in [1.165, 1.54) is 6.08 Å². The second-order valence-electron chi connectivity index (χ2n) is 4.84. The molecule has 0 radical (unpaired) electrons. The third kappa shape index (κ3) is 3.72. The van der Waals surface area contributed by atoms with E-state index >= 15 is 0 Å². The molecule has 0 saturated carbocycles. The van der Waals surface area contributed by atoms with Crippen molar-refractivity contribution in [2.24, 2.45) is 0 Å². The molecule has 2 aromatic rings. The van der Waals surface area contributed by atoms with Crippen LogP contribution in [0.15, 0.2) is 54.7 Å². The largest absolute Gasteiger partial charge is 0.497 e. The molecular formula is C18H19NO2. The first-order valence-corrected chi connectivity index (χ1v) is 6.79. The summed E-state index contributed by atoms with van der Waals surface area (Å²) in [6, 6.07) is 13.2. The molecule has 2 aromatic carbocycles. The van der Waals surface area contributed by atoms with Crippen LogP contribution in [0.4, 0.5) is 5.69 Å². The van der Waals surface area contributed by atoms with E-state index in [4.69, 9.17) is 4.74 Å². The molecule has 0 fully saturated rings. The van der Waals surface area contributed by atoms with Crippen LogP contribution in [0.1, 0.15) is 21.5 Å². The summed E-state index contributed by atoms with van der Waals surface area (Å²) in [5.74, 6) is 0.695. The Bertz CT molecular complexity index is 637. The normalized spacial score (nSPS) is 10.6. The van der Waals surface area contributed by atoms with Gasteiger partial charge in [-0.05, 0) is 49.2 Å². The van der Waals surface area contributed by atoms with Crippen molar-refractivity contribution in [2.45, 2.75) is 13.8 Å². The molecule has 0 saturated heterocycles. The Kier molecular flexibility index (Phi) is 4.77. The second kappa shape index (κ2) is 6.75. The minimum atomic E-state index is -0.0450. The quantitative estimate of drug-likeness (QED) is 0.662. The van der Waals surface area contributed by atoms with Gasteiger partial charge < -0.3 is 10.1 Å². The smallest absolute Gasteiger partial charge is 0.187 e. The highest BCUT2D eigenvalue weighted by molar-refractivity contribution is 6.04. The SMILES string of the molecule is COc1ccc(C(=O)/C=C/Nc2c(C)cccc2C)cc1. The molecule has 0 aliphatic carbocycles. The molecule has 0 spiro atoms. The lowest BCUT2D eigenvalue weighted by Crippen LogP contribution is -1.98. The van der Waals surface area contributed by atoms with Crippen LogP contribution in [0.25, 0.3) is 0 Å². The van der Waals surface area contributed by atoms with E-state index in [0.717, 1.165) is 22.6 Å². The molecule has 0 atom stereocenters. The molecule has 0 heterocycles. The van der Waals surface area contributed by atoms with Crippen LogP contribution < -0.4 is 10.1 Å². The zero-order chi connectivity index (χ0) is 15.2. The van der Waals surface area contributed by atoms with Crippen LogP contribution in [0.3, 0.4) is 0 Å². The van der Waals surface area contributed by atoms with Crippen molar-refractivity contribution in [3.63, 3.8) is 0 Å². The van der Waals surface area contributed by atoms with Gasteiger partial charge in [-0.1, -0.05) is 18.2 Å². The number of ether oxygens (including phenoxy) is 1. The van der Waals surface area contributed by atoms with E-state index in [1.807, 2.05) is 32.0 Å². The van der Waals surface area contributed by atoms with Gasteiger partial charge in [0.25, 0.3) is 0 Å². The van der Waals surface area contributed by atoms with E-state index < -0.39 is 0 Å². The maximum atomic E-state index is 12.0. The fourth-order valence-corrected chi connectivity index (χ4v) is 2.09. The van der Waals surface area contributed by atoms with Crippen LogP contribution in [-0.2, 0) is 0 Å². The molecule has 0 aliphatic rings. The van der Waals surface area contributed by atoms with Gasteiger partial charge in [-0.3, -0.25) is 4.79 Å². The topological polar surface area (TPSA) is 38.3 Å². The first kappa shape index (κ1) is 14.9. The number of rotatable bonds is 5. The molecule has 3 heteroatoms. The number of ketones is 1. The number of methoxy groups -OCH3 is 1. The molecule has 0 amide bonds. The molecule has 21 heavy (non-hydrogen) atoms. The van der Waals surface area contributed by atoms with Gasteiger partial charge in [-0.25, -0.2) is 0 Å². The third-order valence-electron chi connectivity index (χ3n) is 3.32. The summed E-state index contributed by atoms with van der Waals surface area (Å²) >= 11 is 0. The average molecular weight is 281 g/mol. The van der Waals surface area contributed by atoms with Gasteiger partial charge >= 0.3 is 0 Å². The summed E-state index contributed by atoms with van der Waals surface area (Å²) in [5.41, 5.74) is 3.97. The van der Waals surface area contributed by atoms with E-state index in [0.29, 0.717) is 5.56 Å². The van der Waals surface area contributed by atoms with Crippen molar-refractivity contribution >= 4 is 11.5 Å². The Balaban J connectivity index is 2.05. The van der Waals surface area contributed by atoms with Gasteiger partial charge in [0.2, 0.25) is 0 Å². The number of carbonyl (C=O) groups is 1. The van der Waals surface area contributed by atoms with Crippen molar-refractivity contribution in [1.29, 1.82) is 0 Å². The number of anilines is 1. The van der Waals surface area contributed by atoms with Gasteiger partial charge in [-0.2, -0.15) is 0 Å². The summed E-state index contributed by atoms with van der Waals surface area (Å²) in [5, 5.41) is 3.18. The van der Waals surface area contributed by atoms with Gasteiger partial charge in [0, 0.05) is 23.5 Å². The lowest BCUT2D eigenvalue weighted by atomic mass is 10.1. The third-order valence-corrected chi connectivity index (χ3v) is 3.32. The van der Waals surface area contributed by atoms with Gasteiger partial charge in [0.15, 0.2) is 5.78 Å². The Hall–Kier alpha value is -2.55. The lowest BCUT2D eigenvalue weighted by Gasteiger charge is -2.08. The number of nitrogens with one attached hydrogen (secondary N) is 1. The molecule has 3 nitrogen and oxygen atoms in total. The number of benzene rings is 2. The molecule has 2 rings (SSSR count). The highest BCUT2D eigenvalue weighted by Gasteiger charge is 2.02. The lowest BCUT2D eigenvalue weighted by molar-refractivity contribution is 0.104. The second-order valence-corrected chi connectivity index (χ2v) is 4.84. The first-order valence-electron chi connectivity index (χ1n) is 6.79. The van der Waals surface area contributed by atoms with Crippen LogP contribution in [0, 0.1) is 13.8 Å². The fraction of sp³-hybridized carbons (Fsp3) is 0.167. The van der Waals surface area contributed by atoms with E-state index in [9.17, 15) is 4.79 Å². The summed E-state index contributed by atoms with van der Waals surface area (Å²) in [6.07, 6.45) is 3.22. The highest BCUT2D eigenvalue weighted by Crippen LogP contribution is 2.19. The Morgan fingerprint density at radius 1 is 1.05 bits per heavy atom. The number of hydrogen-bond acceptors (Lipinski definition) is 3. The van der Waals surface area contributed by atoms with Crippen LogP contribution in [0.2, 0.25) is 0 Å². The van der Waals surface area contributed by atoms with Crippen molar-refractivity contribution in [3.05, 3.63) is 71.4 Å². The molecule has 108 valence electrons. The fourth-order valence-electron chi connectivity index (χ4n) is 2.09. The number of allylic oxidation sites excluding steroid dienone is 1. The summed E-state index contributed by atoms with van der Waals surface area (Å²) in [7, 11) is 1.60. The zero-order valence-corrected chi connectivity index (χ0v) is 12.5. The summed E-state index contributed by atoms with van der Waals surface area (Å²) in [6.45, 7) is 4.07. The van der Waals surface area contributed by atoms with E-state index in [-0.39, 0.29) is 5.78 Å². The number of para-hydroxylation sites is 1. The predicted octanol–water partition coefficient (Wildman–Crippen LogP) is 4.12. The highest BCUT2D eigenvalue weighted by atomic mass is 16.5. The first-order chi connectivity index (χ1) is 10.1. The Morgan fingerprint density at radius 2 is 1.67 bits per heavy atom. The molecule has 0 aromatic heterocycles. The predicted molar refractivity (Wildman–Crippen MR) is 86.0 cm³/mol. The maximum absolute atomic E-state index is 12.0. The zero-order valence-electron chi connectivity index (χ0n) is 12.5. The van der Waals surface area contributed by atoms with E-state index in [2.05, 4.69) is 5.32 Å². The van der Waals surface area contributed by atoms with Gasteiger partial charge in [0.05, 0.1) is 7.11 Å². The molecule has 0 unspecified atom stereocenters. The minimum Gasteiger partial charge on any atom is -0.497 e. The van der Waals surface area contributed by atoms with Crippen LogP contribution >= 0.6 is 0 Å². The average Bonchev–Trinajstić information content (AvgIpc) is 2.50.